The molecule has 4 nitrogen and oxygen atoms in total. The van der Waals surface area contributed by atoms with Crippen molar-refractivity contribution in [3.05, 3.63) is 0 Å². The average Bonchev–Trinajstić information content (AvgIpc) is 2.34. The smallest absolute Gasteiger partial charge is 0.222 e. The lowest BCUT2D eigenvalue weighted by Gasteiger charge is -2.21. The topological polar surface area (TPSA) is 64.3 Å². The third kappa shape index (κ3) is 7.41. The Morgan fingerprint density at radius 3 is 2.88 bits per heavy atom. The van der Waals surface area contributed by atoms with Crippen molar-refractivity contribution in [2.24, 2.45) is 5.73 Å². The van der Waals surface area contributed by atoms with Gasteiger partial charge in [-0.1, -0.05) is 0 Å². The van der Waals surface area contributed by atoms with Crippen LogP contribution in [0.4, 0.5) is 0 Å². The second-order valence-electron chi connectivity index (χ2n) is 3.67. The molecule has 0 bridgehead atoms. The summed E-state index contributed by atoms with van der Waals surface area (Å²) in [6.45, 7) is 1.15. The number of amides is 1. The molecule has 1 aliphatic rings. The fraction of sp³-hybridized carbons (Fsp3) is 0.900. The highest BCUT2D eigenvalue weighted by Crippen LogP contribution is 2.23. The van der Waals surface area contributed by atoms with Crippen LogP contribution in [0.1, 0.15) is 6.42 Å². The standard InChI is InChI=1S/C10H20N2O2S2.ClH/c1-14-8(5-11)4-10(13)12-6-9-7-15-2-3-16-9;/h8-9H,2-7,11H2,1H3,(H,12,13);1H. The van der Waals surface area contributed by atoms with Crippen LogP contribution in [0.3, 0.4) is 0 Å². The van der Waals surface area contributed by atoms with E-state index in [4.69, 9.17) is 10.5 Å². The molecule has 1 amide bonds. The van der Waals surface area contributed by atoms with Crippen LogP contribution in [0.25, 0.3) is 0 Å². The summed E-state index contributed by atoms with van der Waals surface area (Å²) in [6.07, 6.45) is 0.200. The van der Waals surface area contributed by atoms with Gasteiger partial charge in [0.25, 0.3) is 0 Å². The predicted molar refractivity (Wildman–Crippen MR) is 78.3 cm³/mol. The number of carbonyl (C=O) groups excluding carboxylic acids is 1. The molecule has 1 aliphatic heterocycles. The molecule has 0 radical (unpaired) electrons. The molecule has 1 rings (SSSR count). The van der Waals surface area contributed by atoms with Gasteiger partial charge in [0.1, 0.15) is 0 Å². The zero-order chi connectivity index (χ0) is 11.8. The summed E-state index contributed by atoms with van der Waals surface area (Å²) in [5.74, 6) is 3.59. The Hall–Kier alpha value is 0.380. The molecule has 7 heteroatoms. The molecule has 2 atom stereocenters. The number of hydrogen-bond donors (Lipinski definition) is 2. The van der Waals surface area contributed by atoms with Gasteiger partial charge in [0.05, 0.1) is 12.5 Å². The SMILES string of the molecule is COC(CN)CC(=O)NCC1CSCCS1.Cl. The van der Waals surface area contributed by atoms with Crippen molar-refractivity contribution < 1.29 is 9.53 Å². The number of thioether (sulfide) groups is 2. The Morgan fingerprint density at radius 1 is 1.59 bits per heavy atom. The second kappa shape index (κ2) is 10.3. The first-order valence-corrected chi connectivity index (χ1v) is 7.65. The fourth-order valence-corrected chi connectivity index (χ4v) is 4.04. The number of nitrogens with two attached hydrogens (primary N) is 1. The van der Waals surface area contributed by atoms with Crippen molar-refractivity contribution in [1.82, 2.24) is 5.32 Å². The van der Waals surface area contributed by atoms with Crippen molar-refractivity contribution in [1.29, 1.82) is 0 Å². The molecule has 1 fully saturated rings. The first kappa shape index (κ1) is 17.4. The molecular formula is C10H21ClN2O2S2. The number of methoxy groups -OCH3 is 1. The lowest BCUT2D eigenvalue weighted by atomic mass is 10.2. The highest BCUT2D eigenvalue weighted by molar-refractivity contribution is 8.06. The van der Waals surface area contributed by atoms with Crippen molar-refractivity contribution >= 4 is 41.8 Å². The van der Waals surface area contributed by atoms with Gasteiger partial charge in [-0.25, -0.2) is 0 Å². The Morgan fingerprint density at radius 2 is 2.35 bits per heavy atom. The summed E-state index contributed by atoms with van der Waals surface area (Å²) in [4.78, 5) is 11.6. The second-order valence-corrected chi connectivity index (χ2v) is 6.23. The number of carbonyl (C=O) groups is 1. The fourth-order valence-electron chi connectivity index (χ4n) is 1.42. The molecule has 1 saturated heterocycles. The van der Waals surface area contributed by atoms with E-state index in [2.05, 4.69) is 5.32 Å². The minimum Gasteiger partial charge on any atom is -0.380 e. The van der Waals surface area contributed by atoms with E-state index < -0.39 is 0 Å². The lowest BCUT2D eigenvalue weighted by molar-refractivity contribution is -0.123. The number of nitrogens with one attached hydrogen (secondary N) is 1. The molecule has 0 saturated carbocycles. The highest BCUT2D eigenvalue weighted by Gasteiger charge is 2.16. The Balaban J connectivity index is 0.00000256. The molecule has 102 valence electrons. The van der Waals surface area contributed by atoms with Gasteiger partial charge >= 0.3 is 0 Å². The lowest BCUT2D eigenvalue weighted by Crippen LogP contribution is -2.36. The van der Waals surface area contributed by atoms with E-state index in [1.807, 2.05) is 23.5 Å². The molecule has 1 heterocycles. The summed E-state index contributed by atoms with van der Waals surface area (Å²) in [5, 5.41) is 3.50. The van der Waals surface area contributed by atoms with Gasteiger partial charge in [0.15, 0.2) is 0 Å². The van der Waals surface area contributed by atoms with E-state index in [9.17, 15) is 4.79 Å². The molecule has 3 N–H and O–H groups in total. The molecule has 0 aromatic rings. The van der Waals surface area contributed by atoms with Crippen LogP contribution < -0.4 is 11.1 Å². The van der Waals surface area contributed by atoms with Crippen LogP contribution in [0.2, 0.25) is 0 Å². The Kier molecular flexibility index (Phi) is 10.5. The summed E-state index contributed by atoms with van der Waals surface area (Å²) < 4.78 is 5.07. The maximum absolute atomic E-state index is 11.6. The average molecular weight is 301 g/mol. The first-order valence-electron chi connectivity index (χ1n) is 5.45. The zero-order valence-corrected chi connectivity index (χ0v) is 12.5. The maximum Gasteiger partial charge on any atom is 0.222 e. The van der Waals surface area contributed by atoms with E-state index in [0.717, 1.165) is 12.3 Å². The third-order valence-corrected chi connectivity index (χ3v) is 5.27. The van der Waals surface area contributed by atoms with Crippen molar-refractivity contribution in [2.45, 2.75) is 17.8 Å². The minimum absolute atomic E-state index is 0. The Bertz CT molecular complexity index is 212. The van der Waals surface area contributed by atoms with Gasteiger partial charge in [0.2, 0.25) is 5.91 Å². The van der Waals surface area contributed by atoms with Gasteiger partial charge in [0, 0.05) is 42.7 Å². The molecular weight excluding hydrogens is 280 g/mol. The zero-order valence-electron chi connectivity index (χ0n) is 10.0. The summed E-state index contributed by atoms with van der Waals surface area (Å²) in [5.41, 5.74) is 5.46. The van der Waals surface area contributed by atoms with Crippen LogP contribution in [0, 0.1) is 0 Å². The monoisotopic (exact) mass is 300 g/mol. The minimum atomic E-state index is -0.159. The van der Waals surface area contributed by atoms with Gasteiger partial charge in [-0.3, -0.25) is 4.79 Å². The van der Waals surface area contributed by atoms with Crippen molar-refractivity contribution in [2.75, 3.05) is 37.5 Å². The normalized spacial score (nSPS) is 21.4. The summed E-state index contributed by atoms with van der Waals surface area (Å²) in [6, 6.07) is 0. The quantitative estimate of drug-likeness (QED) is 0.757. The van der Waals surface area contributed by atoms with Gasteiger partial charge in [-0.15, -0.1) is 12.4 Å². The van der Waals surface area contributed by atoms with E-state index in [1.54, 1.807) is 7.11 Å². The number of ether oxygens (including phenoxy) is 1. The van der Waals surface area contributed by atoms with E-state index in [0.29, 0.717) is 18.2 Å². The van der Waals surface area contributed by atoms with Gasteiger partial charge < -0.3 is 15.8 Å². The number of rotatable bonds is 6. The van der Waals surface area contributed by atoms with Crippen LogP contribution in [0.15, 0.2) is 0 Å². The Labute approximate surface area is 118 Å². The molecule has 0 aromatic carbocycles. The number of halogens is 1. The summed E-state index contributed by atoms with van der Waals surface area (Å²) in [7, 11) is 1.58. The van der Waals surface area contributed by atoms with Gasteiger partial charge in [-0.2, -0.15) is 23.5 Å². The molecule has 0 aromatic heterocycles. The predicted octanol–water partition coefficient (Wildman–Crippen LogP) is 0.737. The molecule has 17 heavy (non-hydrogen) atoms. The van der Waals surface area contributed by atoms with Crippen LogP contribution in [-0.4, -0.2) is 54.7 Å². The first-order chi connectivity index (χ1) is 7.76. The maximum atomic E-state index is 11.6. The largest absolute Gasteiger partial charge is 0.380 e. The number of hydrogen-bond acceptors (Lipinski definition) is 5. The van der Waals surface area contributed by atoms with Crippen LogP contribution >= 0.6 is 35.9 Å². The summed E-state index contributed by atoms with van der Waals surface area (Å²) >= 11 is 3.90. The van der Waals surface area contributed by atoms with E-state index in [-0.39, 0.29) is 24.4 Å². The van der Waals surface area contributed by atoms with E-state index >= 15 is 0 Å². The highest BCUT2D eigenvalue weighted by atomic mass is 35.5. The van der Waals surface area contributed by atoms with Gasteiger partial charge in [-0.05, 0) is 0 Å². The van der Waals surface area contributed by atoms with Crippen LogP contribution in [0.5, 0.6) is 0 Å². The third-order valence-electron chi connectivity index (χ3n) is 2.42. The van der Waals surface area contributed by atoms with E-state index in [1.165, 1.54) is 11.5 Å². The van der Waals surface area contributed by atoms with Crippen molar-refractivity contribution in [3.63, 3.8) is 0 Å². The molecule has 0 spiro atoms. The van der Waals surface area contributed by atoms with Crippen LogP contribution in [-0.2, 0) is 9.53 Å². The molecule has 2 unspecified atom stereocenters. The molecule has 0 aliphatic carbocycles. The van der Waals surface area contributed by atoms with Crippen molar-refractivity contribution in [3.8, 4) is 0 Å².